The molecule has 3 N–H and O–H groups in total. The highest BCUT2D eigenvalue weighted by molar-refractivity contribution is 7.47. The molecule has 0 bridgehead atoms. The van der Waals surface area contributed by atoms with E-state index in [2.05, 4.69) is 13.8 Å². The lowest BCUT2D eigenvalue weighted by atomic mass is 10.0. The van der Waals surface area contributed by atoms with Crippen LogP contribution in [0.2, 0.25) is 0 Å². The minimum absolute atomic E-state index is 0.0590. The monoisotopic (exact) mass is 1290 g/mol. The predicted molar refractivity (Wildman–Crippen MR) is 391 cm³/mol. The molecule has 0 fully saturated rings. The SMILES string of the molecule is CCCCCCCCCCCCCCCCCCCCCCCCCCCCCCCCCCCCCCCCCCC(=O)OC(COC(=O)CCCCCCCCCCCCCCCCCCCCCCCCCCCCCCC)COP(=O)(O)OCCN. The maximum atomic E-state index is 12.8. The highest BCUT2D eigenvalue weighted by Crippen LogP contribution is 2.43. The summed E-state index contributed by atoms with van der Waals surface area (Å²) >= 11 is 0. The zero-order chi connectivity index (χ0) is 65.1. The molecule has 90 heavy (non-hydrogen) atoms. The van der Waals surface area contributed by atoms with E-state index >= 15 is 0 Å². The van der Waals surface area contributed by atoms with E-state index in [0.717, 1.165) is 32.1 Å². The highest BCUT2D eigenvalue weighted by atomic mass is 31.2. The molecule has 0 aliphatic carbocycles. The van der Waals surface area contributed by atoms with Gasteiger partial charge >= 0.3 is 19.8 Å². The second-order valence-electron chi connectivity index (χ2n) is 28.4. The number of esters is 2. The average molecular weight is 1300 g/mol. The Morgan fingerprint density at radius 2 is 0.478 bits per heavy atom. The maximum Gasteiger partial charge on any atom is 0.472 e. The number of phosphoric ester groups is 1. The first-order valence-corrected chi connectivity index (χ1v) is 42.5. The molecule has 0 amide bonds. The lowest BCUT2D eigenvalue weighted by Gasteiger charge is -2.19. The summed E-state index contributed by atoms with van der Waals surface area (Å²) in [6, 6.07) is 0. The first-order chi connectivity index (χ1) is 44.3. The van der Waals surface area contributed by atoms with E-state index in [-0.39, 0.29) is 32.1 Å². The normalized spacial score (nSPS) is 12.7. The number of phosphoric acid groups is 1. The van der Waals surface area contributed by atoms with E-state index in [1.807, 2.05) is 0 Å². The molecule has 538 valence electrons. The van der Waals surface area contributed by atoms with Crippen molar-refractivity contribution in [2.45, 2.75) is 476 Å². The van der Waals surface area contributed by atoms with Crippen molar-refractivity contribution >= 4 is 19.8 Å². The number of hydrogen-bond donors (Lipinski definition) is 2. The van der Waals surface area contributed by atoms with E-state index in [0.29, 0.717) is 12.8 Å². The Labute approximate surface area is 562 Å². The molecule has 0 rings (SSSR count). The molecule has 2 unspecified atom stereocenters. The standard InChI is InChI=1S/C80H160NO8P/c1-3-5-7-9-11-13-15-17-19-21-23-25-27-29-31-33-34-35-36-37-38-39-40-41-42-43-45-47-49-51-53-55-57-59-61-63-65-67-69-71-73-80(83)89-78(77-88-90(84,85)87-75-74-81)76-86-79(82)72-70-68-66-64-62-60-58-56-54-52-50-48-46-44-32-30-28-26-24-22-20-18-16-14-12-10-8-6-4-2/h78H,3-77,81H2,1-2H3,(H,84,85). The highest BCUT2D eigenvalue weighted by Gasteiger charge is 2.26. The number of hydrogen-bond acceptors (Lipinski definition) is 8. The lowest BCUT2D eigenvalue weighted by Crippen LogP contribution is -2.29. The number of ether oxygens (including phenoxy) is 2. The fraction of sp³-hybridized carbons (Fsp3) is 0.975. The van der Waals surface area contributed by atoms with Gasteiger partial charge < -0.3 is 20.1 Å². The minimum atomic E-state index is -4.39. The molecule has 0 aromatic rings. The molecule has 0 aromatic carbocycles. The predicted octanol–water partition coefficient (Wildman–Crippen LogP) is 27.3. The third-order valence-electron chi connectivity index (χ3n) is 19.2. The molecule has 9 nitrogen and oxygen atoms in total. The van der Waals surface area contributed by atoms with Crippen molar-refractivity contribution < 1.29 is 37.6 Å². The Hall–Kier alpha value is -0.990. The van der Waals surface area contributed by atoms with Crippen LogP contribution in [-0.4, -0.2) is 49.3 Å². The summed E-state index contributed by atoms with van der Waals surface area (Å²) in [5.41, 5.74) is 5.42. The molecule has 0 spiro atoms. The van der Waals surface area contributed by atoms with Crippen molar-refractivity contribution in [2.75, 3.05) is 26.4 Å². The van der Waals surface area contributed by atoms with Crippen molar-refractivity contribution in [3.05, 3.63) is 0 Å². The first-order valence-electron chi connectivity index (χ1n) is 41.0. The zero-order valence-electron chi connectivity index (χ0n) is 60.9. The van der Waals surface area contributed by atoms with Gasteiger partial charge in [0.15, 0.2) is 6.10 Å². The van der Waals surface area contributed by atoms with Gasteiger partial charge in [-0.1, -0.05) is 444 Å². The van der Waals surface area contributed by atoms with Crippen LogP contribution in [0.25, 0.3) is 0 Å². The number of carbonyl (C=O) groups is 2. The van der Waals surface area contributed by atoms with E-state index < -0.39 is 26.5 Å². The van der Waals surface area contributed by atoms with Crippen LogP contribution in [-0.2, 0) is 32.7 Å². The Bertz CT molecular complexity index is 1430. The molecule has 0 saturated carbocycles. The van der Waals surface area contributed by atoms with E-state index in [1.165, 1.54) is 405 Å². The quantitative estimate of drug-likeness (QED) is 0.0347. The summed E-state index contributed by atoms with van der Waals surface area (Å²) in [7, 11) is -4.39. The van der Waals surface area contributed by atoms with Gasteiger partial charge in [-0.2, -0.15) is 0 Å². The van der Waals surface area contributed by atoms with Crippen molar-refractivity contribution in [3.8, 4) is 0 Å². The minimum Gasteiger partial charge on any atom is -0.462 e. The second-order valence-corrected chi connectivity index (χ2v) is 29.8. The zero-order valence-corrected chi connectivity index (χ0v) is 61.8. The van der Waals surface area contributed by atoms with E-state index in [1.54, 1.807) is 0 Å². The van der Waals surface area contributed by atoms with Gasteiger partial charge in [0.1, 0.15) is 6.61 Å². The topological polar surface area (TPSA) is 134 Å². The van der Waals surface area contributed by atoms with Crippen LogP contribution in [0.3, 0.4) is 0 Å². The van der Waals surface area contributed by atoms with Crippen molar-refractivity contribution in [3.63, 3.8) is 0 Å². The Balaban J connectivity index is 3.70. The van der Waals surface area contributed by atoms with Crippen LogP contribution in [0.5, 0.6) is 0 Å². The maximum absolute atomic E-state index is 12.8. The van der Waals surface area contributed by atoms with Gasteiger partial charge in [0.25, 0.3) is 0 Å². The molecule has 0 aromatic heterocycles. The second kappa shape index (κ2) is 77.0. The molecule has 0 saturated heterocycles. The molecule has 0 aliphatic heterocycles. The van der Waals surface area contributed by atoms with Crippen molar-refractivity contribution in [2.24, 2.45) is 5.73 Å². The number of rotatable bonds is 80. The smallest absolute Gasteiger partial charge is 0.462 e. The average Bonchev–Trinajstić information content (AvgIpc) is 3.71. The van der Waals surface area contributed by atoms with Crippen LogP contribution in [0.1, 0.15) is 470 Å². The fourth-order valence-corrected chi connectivity index (χ4v) is 13.9. The molecule has 0 heterocycles. The number of unbranched alkanes of at least 4 members (excludes halogenated alkanes) is 67. The summed E-state index contributed by atoms with van der Waals surface area (Å²) in [6.45, 7) is 3.86. The summed E-state index contributed by atoms with van der Waals surface area (Å²) < 4.78 is 33.3. The Morgan fingerprint density at radius 1 is 0.289 bits per heavy atom. The molecular formula is C80H160NO8P. The van der Waals surface area contributed by atoms with Crippen molar-refractivity contribution in [1.29, 1.82) is 0 Å². The molecule has 2 atom stereocenters. The van der Waals surface area contributed by atoms with Crippen LogP contribution in [0.4, 0.5) is 0 Å². The Morgan fingerprint density at radius 3 is 0.678 bits per heavy atom. The molecule has 0 radical (unpaired) electrons. The van der Waals surface area contributed by atoms with E-state index in [9.17, 15) is 19.0 Å². The van der Waals surface area contributed by atoms with Gasteiger partial charge in [0.2, 0.25) is 0 Å². The summed E-state index contributed by atoms with van der Waals surface area (Å²) in [5, 5.41) is 0. The van der Waals surface area contributed by atoms with Crippen LogP contribution in [0.15, 0.2) is 0 Å². The third-order valence-corrected chi connectivity index (χ3v) is 20.2. The first kappa shape index (κ1) is 89.0. The lowest BCUT2D eigenvalue weighted by molar-refractivity contribution is -0.161. The largest absolute Gasteiger partial charge is 0.472 e. The molecular weight excluding hydrogens is 1130 g/mol. The Kier molecular flexibility index (Phi) is 76.2. The van der Waals surface area contributed by atoms with Crippen LogP contribution >= 0.6 is 7.82 Å². The summed E-state index contributed by atoms with van der Waals surface area (Å²) in [4.78, 5) is 35.5. The van der Waals surface area contributed by atoms with Crippen LogP contribution in [0, 0.1) is 0 Å². The summed E-state index contributed by atoms with van der Waals surface area (Å²) in [6.07, 6.45) is 94.1. The number of carbonyl (C=O) groups excluding carboxylic acids is 2. The van der Waals surface area contributed by atoms with E-state index in [4.69, 9.17) is 24.3 Å². The fourth-order valence-electron chi connectivity index (χ4n) is 13.2. The van der Waals surface area contributed by atoms with Crippen molar-refractivity contribution in [1.82, 2.24) is 0 Å². The molecule has 10 heteroatoms. The number of nitrogens with two attached hydrogens (primary N) is 1. The van der Waals surface area contributed by atoms with Crippen LogP contribution < -0.4 is 5.73 Å². The summed E-state index contributed by atoms with van der Waals surface area (Å²) in [5.74, 6) is -0.794. The van der Waals surface area contributed by atoms with Gasteiger partial charge in [-0.15, -0.1) is 0 Å². The van der Waals surface area contributed by atoms with Gasteiger partial charge in [-0.3, -0.25) is 18.6 Å². The third kappa shape index (κ3) is 76.0. The van der Waals surface area contributed by atoms with Gasteiger partial charge in [0.05, 0.1) is 13.2 Å². The van der Waals surface area contributed by atoms with Gasteiger partial charge in [0, 0.05) is 19.4 Å². The van der Waals surface area contributed by atoms with Gasteiger partial charge in [-0.25, -0.2) is 4.57 Å². The van der Waals surface area contributed by atoms with Gasteiger partial charge in [-0.05, 0) is 12.8 Å². The molecule has 0 aliphatic rings.